The van der Waals surface area contributed by atoms with Gasteiger partial charge in [-0.2, -0.15) is 0 Å². The molecule has 1 aromatic rings. The number of rotatable bonds is 6. The second-order valence-electron chi connectivity index (χ2n) is 4.08. The summed E-state index contributed by atoms with van der Waals surface area (Å²) in [6.45, 7) is 0.449. The molecule has 0 aliphatic carbocycles. The van der Waals surface area contributed by atoms with Gasteiger partial charge < -0.3 is 15.7 Å². The summed E-state index contributed by atoms with van der Waals surface area (Å²) in [6, 6.07) is 4.26. The highest BCUT2D eigenvalue weighted by molar-refractivity contribution is 6.00. The van der Waals surface area contributed by atoms with Crippen LogP contribution in [0.15, 0.2) is 18.2 Å². The number of nitro benzene ring substituents is 1. The Kier molecular flexibility index (Phi) is 5.35. The largest absolute Gasteiger partial charge is 0.480 e. The van der Waals surface area contributed by atoms with Gasteiger partial charge >= 0.3 is 5.97 Å². The summed E-state index contributed by atoms with van der Waals surface area (Å²) < 4.78 is 0. The van der Waals surface area contributed by atoms with Crippen LogP contribution < -0.4 is 10.6 Å². The van der Waals surface area contributed by atoms with E-state index in [2.05, 4.69) is 10.6 Å². The molecule has 0 atom stereocenters. The van der Waals surface area contributed by atoms with Crippen LogP contribution in [-0.4, -0.2) is 40.9 Å². The molecule has 2 amide bonds. The molecule has 112 valence electrons. The van der Waals surface area contributed by atoms with E-state index in [4.69, 9.17) is 5.11 Å². The zero-order valence-corrected chi connectivity index (χ0v) is 11.1. The molecule has 1 rings (SSSR count). The average Bonchev–Trinajstić information content (AvgIpc) is 2.41. The Morgan fingerprint density at radius 2 is 1.90 bits per heavy atom. The molecular formula is C12H13N3O6. The van der Waals surface area contributed by atoms with Crippen molar-refractivity contribution in [3.63, 3.8) is 0 Å². The third kappa shape index (κ3) is 4.56. The van der Waals surface area contributed by atoms with Crippen molar-refractivity contribution >= 4 is 23.5 Å². The number of amides is 2. The van der Waals surface area contributed by atoms with Gasteiger partial charge in [0.15, 0.2) is 0 Å². The molecule has 0 saturated carbocycles. The van der Waals surface area contributed by atoms with Gasteiger partial charge in [-0.1, -0.05) is 12.1 Å². The lowest BCUT2D eigenvalue weighted by Crippen LogP contribution is -2.39. The van der Waals surface area contributed by atoms with Gasteiger partial charge in [0.25, 0.3) is 11.6 Å². The Morgan fingerprint density at radius 3 is 2.48 bits per heavy atom. The summed E-state index contributed by atoms with van der Waals surface area (Å²) in [5.41, 5.74) is -0.171. The lowest BCUT2D eigenvalue weighted by atomic mass is 10.1. The number of nitrogens with zero attached hydrogens (tertiary/aromatic N) is 1. The number of benzene rings is 1. The summed E-state index contributed by atoms with van der Waals surface area (Å²) in [5.74, 6) is -2.71. The SMILES string of the molecule is Cc1cccc(C(=O)NCC(=O)NCC(=O)O)c1[N+](=O)[O-]. The Bertz CT molecular complexity index is 599. The molecule has 0 unspecified atom stereocenters. The van der Waals surface area contributed by atoms with Crippen molar-refractivity contribution < 1.29 is 24.4 Å². The van der Waals surface area contributed by atoms with Crippen LogP contribution in [0, 0.1) is 17.0 Å². The molecule has 0 aromatic heterocycles. The van der Waals surface area contributed by atoms with E-state index in [0.29, 0.717) is 5.56 Å². The number of carboxylic acids is 1. The quantitative estimate of drug-likeness (QED) is 0.492. The summed E-state index contributed by atoms with van der Waals surface area (Å²) in [7, 11) is 0. The highest BCUT2D eigenvalue weighted by Gasteiger charge is 2.22. The standard InChI is InChI=1S/C12H13N3O6/c1-7-3-2-4-8(11(7)15(20)21)12(19)14-5-9(16)13-6-10(17)18/h2-4H,5-6H2,1H3,(H,13,16)(H,14,19)(H,17,18). The summed E-state index contributed by atoms with van der Waals surface area (Å²) in [4.78, 5) is 43.6. The molecule has 9 heteroatoms. The van der Waals surface area contributed by atoms with E-state index >= 15 is 0 Å². The molecule has 1 aromatic carbocycles. The number of nitrogens with one attached hydrogen (secondary N) is 2. The third-order valence-corrected chi connectivity index (χ3v) is 2.51. The van der Waals surface area contributed by atoms with E-state index in [9.17, 15) is 24.5 Å². The number of hydrogen-bond acceptors (Lipinski definition) is 5. The maximum Gasteiger partial charge on any atom is 0.322 e. The fraction of sp³-hybridized carbons (Fsp3) is 0.250. The predicted molar refractivity (Wildman–Crippen MR) is 70.8 cm³/mol. The summed E-state index contributed by atoms with van der Waals surface area (Å²) >= 11 is 0. The molecule has 0 heterocycles. The number of nitro groups is 1. The van der Waals surface area contributed by atoms with E-state index in [-0.39, 0.29) is 11.3 Å². The molecule has 9 nitrogen and oxygen atoms in total. The number of carboxylic acid groups (broad SMARTS) is 1. The monoisotopic (exact) mass is 295 g/mol. The Balaban J connectivity index is 2.73. The second-order valence-corrected chi connectivity index (χ2v) is 4.08. The van der Waals surface area contributed by atoms with Crippen molar-refractivity contribution in [3.8, 4) is 0 Å². The fourth-order valence-corrected chi connectivity index (χ4v) is 1.58. The number of aryl methyl sites for hydroxylation is 1. The normalized spacial score (nSPS) is 9.76. The molecule has 0 bridgehead atoms. The summed E-state index contributed by atoms with van der Waals surface area (Å²) in [6.07, 6.45) is 0. The van der Waals surface area contributed by atoms with Gasteiger partial charge in [-0.05, 0) is 13.0 Å². The van der Waals surface area contributed by atoms with Gasteiger partial charge in [0.2, 0.25) is 5.91 Å². The van der Waals surface area contributed by atoms with Gasteiger partial charge in [0, 0.05) is 5.56 Å². The first-order valence-electron chi connectivity index (χ1n) is 5.83. The van der Waals surface area contributed by atoms with Crippen LogP contribution >= 0.6 is 0 Å². The van der Waals surface area contributed by atoms with Crippen LogP contribution in [0.1, 0.15) is 15.9 Å². The van der Waals surface area contributed by atoms with E-state index in [0.717, 1.165) is 0 Å². The van der Waals surface area contributed by atoms with Crippen LogP contribution in [0.4, 0.5) is 5.69 Å². The number of carbonyl (C=O) groups excluding carboxylic acids is 2. The number of hydrogen-bond donors (Lipinski definition) is 3. The number of aliphatic carboxylic acids is 1. The Labute approximate surface area is 119 Å². The second kappa shape index (κ2) is 6.98. The van der Waals surface area contributed by atoms with Crippen molar-refractivity contribution in [1.82, 2.24) is 10.6 Å². The Hall–Kier alpha value is -2.97. The lowest BCUT2D eigenvalue weighted by molar-refractivity contribution is -0.385. The van der Waals surface area contributed by atoms with Crippen LogP contribution in [0.3, 0.4) is 0 Å². The maximum absolute atomic E-state index is 11.9. The van der Waals surface area contributed by atoms with Crippen LogP contribution in [0.5, 0.6) is 0 Å². The topological polar surface area (TPSA) is 139 Å². The minimum absolute atomic E-state index is 0.161. The van der Waals surface area contributed by atoms with Gasteiger partial charge in [-0.25, -0.2) is 0 Å². The van der Waals surface area contributed by atoms with E-state index in [1.165, 1.54) is 25.1 Å². The molecule has 3 N–H and O–H groups in total. The third-order valence-electron chi connectivity index (χ3n) is 2.51. The smallest absolute Gasteiger partial charge is 0.322 e. The van der Waals surface area contributed by atoms with Gasteiger partial charge in [-0.3, -0.25) is 24.5 Å². The first-order chi connectivity index (χ1) is 9.82. The number of carbonyl (C=O) groups is 3. The predicted octanol–water partition coefficient (Wildman–Crippen LogP) is -0.166. The molecule has 0 spiro atoms. The van der Waals surface area contributed by atoms with Crippen molar-refractivity contribution in [3.05, 3.63) is 39.4 Å². The average molecular weight is 295 g/mol. The Morgan fingerprint density at radius 1 is 1.24 bits per heavy atom. The first-order valence-corrected chi connectivity index (χ1v) is 5.83. The molecule has 0 radical (unpaired) electrons. The molecule has 0 aliphatic rings. The first kappa shape index (κ1) is 16.1. The zero-order valence-electron chi connectivity index (χ0n) is 11.1. The highest BCUT2D eigenvalue weighted by Crippen LogP contribution is 2.22. The molecule has 0 saturated heterocycles. The van der Waals surface area contributed by atoms with Crippen molar-refractivity contribution in [2.75, 3.05) is 13.1 Å². The minimum Gasteiger partial charge on any atom is -0.480 e. The van der Waals surface area contributed by atoms with Gasteiger partial charge in [0.05, 0.1) is 11.5 Å². The van der Waals surface area contributed by atoms with Crippen molar-refractivity contribution in [1.29, 1.82) is 0 Å². The number of para-hydroxylation sites is 1. The van der Waals surface area contributed by atoms with Crippen LogP contribution in [-0.2, 0) is 9.59 Å². The van der Waals surface area contributed by atoms with Gasteiger partial charge in [-0.15, -0.1) is 0 Å². The van der Waals surface area contributed by atoms with Crippen molar-refractivity contribution in [2.45, 2.75) is 6.92 Å². The lowest BCUT2D eigenvalue weighted by Gasteiger charge is -2.07. The molecule has 0 fully saturated rings. The molecule has 21 heavy (non-hydrogen) atoms. The van der Waals surface area contributed by atoms with Crippen LogP contribution in [0.25, 0.3) is 0 Å². The minimum atomic E-state index is -1.22. The van der Waals surface area contributed by atoms with Crippen molar-refractivity contribution in [2.24, 2.45) is 0 Å². The molecular weight excluding hydrogens is 282 g/mol. The van der Waals surface area contributed by atoms with E-state index < -0.39 is 35.8 Å². The van der Waals surface area contributed by atoms with Gasteiger partial charge in [0.1, 0.15) is 12.1 Å². The molecule has 0 aliphatic heterocycles. The highest BCUT2D eigenvalue weighted by atomic mass is 16.6. The fourth-order valence-electron chi connectivity index (χ4n) is 1.58. The van der Waals surface area contributed by atoms with E-state index in [1.54, 1.807) is 0 Å². The van der Waals surface area contributed by atoms with E-state index in [1.807, 2.05) is 0 Å². The van der Waals surface area contributed by atoms with Crippen LogP contribution in [0.2, 0.25) is 0 Å². The maximum atomic E-state index is 11.9. The summed E-state index contributed by atoms with van der Waals surface area (Å²) in [5, 5.41) is 23.6. The zero-order chi connectivity index (χ0) is 16.0.